The van der Waals surface area contributed by atoms with Gasteiger partial charge in [-0.3, -0.25) is 5.01 Å². The molecule has 0 aromatic heterocycles. The highest BCUT2D eigenvalue weighted by Gasteiger charge is 2.45. The number of carboxylic acid groups (broad SMARTS) is 1. The molecule has 6 heteroatoms. The van der Waals surface area contributed by atoms with E-state index in [1.807, 2.05) is 18.2 Å². The number of carboxylic acids is 1. The van der Waals surface area contributed by atoms with E-state index in [1.54, 1.807) is 13.2 Å². The summed E-state index contributed by atoms with van der Waals surface area (Å²) in [6, 6.07) is 11.9. The van der Waals surface area contributed by atoms with E-state index in [9.17, 15) is 9.90 Å². The number of benzene rings is 2. The second kappa shape index (κ2) is 8.00. The largest absolute Gasteiger partial charge is 0.478 e. The summed E-state index contributed by atoms with van der Waals surface area (Å²) in [7, 11) is 1.68. The Morgan fingerprint density at radius 3 is 2.74 bits per heavy atom. The molecule has 162 valence electrons. The van der Waals surface area contributed by atoms with Crippen LogP contribution < -0.4 is 10.7 Å². The van der Waals surface area contributed by atoms with Crippen LogP contribution in [-0.2, 0) is 17.8 Å². The minimum absolute atomic E-state index is 0.337. The summed E-state index contributed by atoms with van der Waals surface area (Å²) in [6.07, 6.45) is 6.95. The van der Waals surface area contributed by atoms with Crippen molar-refractivity contribution in [1.29, 1.82) is 0 Å². The van der Waals surface area contributed by atoms with E-state index >= 15 is 0 Å². The fraction of sp³-hybridized carbons (Fsp3) is 0.440. The number of ether oxygens (including phenoxy) is 1. The lowest BCUT2D eigenvalue weighted by atomic mass is 9.75. The third kappa shape index (κ3) is 3.49. The van der Waals surface area contributed by atoms with Gasteiger partial charge in [-0.1, -0.05) is 18.9 Å². The van der Waals surface area contributed by atoms with Gasteiger partial charge in [-0.05, 0) is 67.5 Å². The van der Waals surface area contributed by atoms with E-state index in [4.69, 9.17) is 15.6 Å². The third-order valence-electron chi connectivity index (χ3n) is 7.19. The number of aromatic carboxylic acids is 1. The predicted molar refractivity (Wildman–Crippen MR) is 122 cm³/mol. The van der Waals surface area contributed by atoms with E-state index in [0.717, 1.165) is 46.6 Å². The standard InChI is InChI=1S/C25H29N3O3/c1-31-14-18-13-19(8-11-22(18)26)28-24(15-4-2-3-5-15)21-10-6-16-12-17(25(29)30)7-9-20(16)23(21)27-28/h7-9,11-13,15,21,24H,2-6,10,14,26H2,1H3,(H,29,30). The van der Waals surface area contributed by atoms with Crippen molar-refractivity contribution in [1.82, 2.24) is 0 Å². The molecule has 2 aromatic rings. The van der Waals surface area contributed by atoms with Gasteiger partial charge in [-0.25, -0.2) is 4.79 Å². The summed E-state index contributed by atoms with van der Waals surface area (Å²) in [5, 5.41) is 16.8. The summed E-state index contributed by atoms with van der Waals surface area (Å²) in [5.41, 5.74) is 12.6. The number of anilines is 2. The maximum atomic E-state index is 11.4. The summed E-state index contributed by atoms with van der Waals surface area (Å²) < 4.78 is 5.34. The molecule has 0 saturated heterocycles. The molecule has 0 amide bonds. The zero-order chi connectivity index (χ0) is 21.5. The molecule has 1 aliphatic heterocycles. The smallest absolute Gasteiger partial charge is 0.335 e. The Kier molecular flexibility index (Phi) is 5.18. The van der Waals surface area contributed by atoms with E-state index in [1.165, 1.54) is 25.7 Å². The molecule has 0 bridgehead atoms. The molecule has 2 atom stereocenters. The van der Waals surface area contributed by atoms with Gasteiger partial charge in [0.05, 0.1) is 29.6 Å². The Morgan fingerprint density at radius 1 is 1.19 bits per heavy atom. The molecular formula is C25H29N3O3. The van der Waals surface area contributed by atoms with Crippen molar-refractivity contribution in [3.8, 4) is 0 Å². The molecule has 5 rings (SSSR count). The third-order valence-corrected chi connectivity index (χ3v) is 7.19. The van der Waals surface area contributed by atoms with Crippen molar-refractivity contribution in [2.24, 2.45) is 16.9 Å². The van der Waals surface area contributed by atoms with Crippen molar-refractivity contribution in [3.05, 3.63) is 58.7 Å². The van der Waals surface area contributed by atoms with E-state index in [-0.39, 0.29) is 0 Å². The molecule has 3 N–H and O–H groups in total. The van der Waals surface area contributed by atoms with E-state index < -0.39 is 5.97 Å². The number of rotatable bonds is 5. The molecule has 0 spiro atoms. The van der Waals surface area contributed by atoms with Crippen LogP contribution in [0.3, 0.4) is 0 Å². The van der Waals surface area contributed by atoms with Crippen LogP contribution in [-0.4, -0.2) is 29.9 Å². The number of hydrogen-bond acceptors (Lipinski definition) is 5. The quantitative estimate of drug-likeness (QED) is 0.699. The van der Waals surface area contributed by atoms with Crippen LogP contribution >= 0.6 is 0 Å². The SMILES string of the molecule is COCc1cc(N2N=C3c4ccc(C(=O)O)cc4CCC3C2C2CCCC2)ccc1N. The van der Waals surface area contributed by atoms with Crippen molar-refractivity contribution >= 4 is 23.1 Å². The molecule has 0 radical (unpaired) electrons. The first kappa shape index (κ1) is 20.1. The highest BCUT2D eigenvalue weighted by atomic mass is 16.5. The molecule has 2 aromatic carbocycles. The van der Waals surface area contributed by atoms with E-state index in [2.05, 4.69) is 17.1 Å². The number of fused-ring (bicyclic) bond motifs is 3. The second-order valence-corrected chi connectivity index (χ2v) is 9.00. The van der Waals surface area contributed by atoms with Crippen LogP contribution in [0.5, 0.6) is 0 Å². The Labute approximate surface area is 182 Å². The van der Waals surface area contributed by atoms with Crippen LogP contribution in [0.1, 0.15) is 59.2 Å². The van der Waals surface area contributed by atoms with Crippen molar-refractivity contribution < 1.29 is 14.6 Å². The monoisotopic (exact) mass is 419 g/mol. The Hall–Kier alpha value is -2.86. The maximum absolute atomic E-state index is 11.4. The molecular weight excluding hydrogens is 390 g/mol. The van der Waals surface area contributed by atoms with Gasteiger partial charge in [0.1, 0.15) is 0 Å². The van der Waals surface area contributed by atoms with Gasteiger partial charge in [0.25, 0.3) is 0 Å². The molecule has 3 aliphatic rings. The molecule has 2 unspecified atom stereocenters. The number of hydrazone groups is 1. The van der Waals surface area contributed by atoms with Crippen LogP contribution in [0.15, 0.2) is 41.5 Å². The van der Waals surface area contributed by atoms with Gasteiger partial charge in [-0.2, -0.15) is 5.10 Å². The topological polar surface area (TPSA) is 88.1 Å². The Balaban J connectivity index is 1.58. The lowest BCUT2D eigenvalue weighted by molar-refractivity contribution is 0.0696. The minimum Gasteiger partial charge on any atom is -0.478 e. The second-order valence-electron chi connectivity index (χ2n) is 9.00. The summed E-state index contributed by atoms with van der Waals surface area (Å²) in [5.74, 6) is 0.112. The Morgan fingerprint density at radius 2 is 2.00 bits per heavy atom. The van der Waals surface area contributed by atoms with Crippen molar-refractivity contribution in [3.63, 3.8) is 0 Å². The van der Waals surface area contributed by atoms with Gasteiger partial charge in [0.2, 0.25) is 0 Å². The number of aryl methyl sites for hydroxylation is 1. The number of carbonyl (C=O) groups is 1. The number of hydrogen-bond donors (Lipinski definition) is 2. The summed E-state index contributed by atoms with van der Waals surface area (Å²) in [4.78, 5) is 11.4. The maximum Gasteiger partial charge on any atom is 0.335 e. The number of nitrogens with zero attached hydrogens (tertiary/aromatic N) is 2. The first-order valence-electron chi connectivity index (χ1n) is 11.2. The van der Waals surface area contributed by atoms with Gasteiger partial charge >= 0.3 is 5.97 Å². The average molecular weight is 420 g/mol. The van der Waals surface area contributed by atoms with E-state index in [0.29, 0.717) is 30.0 Å². The van der Waals surface area contributed by atoms with Crippen LogP contribution in [0.2, 0.25) is 0 Å². The van der Waals surface area contributed by atoms with Crippen molar-refractivity contribution in [2.45, 2.75) is 51.2 Å². The lowest BCUT2D eigenvalue weighted by Crippen LogP contribution is -2.40. The van der Waals surface area contributed by atoms with Gasteiger partial charge in [0.15, 0.2) is 0 Å². The highest BCUT2D eigenvalue weighted by Crippen LogP contribution is 2.45. The number of nitrogens with two attached hydrogens (primary N) is 1. The Bertz CT molecular complexity index is 1040. The van der Waals surface area contributed by atoms with Gasteiger partial charge < -0.3 is 15.6 Å². The fourth-order valence-corrected chi connectivity index (χ4v) is 5.72. The van der Waals surface area contributed by atoms with Crippen LogP contribution in [0.25, 0.3) is 0 Å². The molecule has 6 nitrogen and oxygen atoms in total. The van der Waals surface area contributed by atoms with Crippen LogP contribution in [0.4, 0.5) is 11.4 Å². The van der Waals surface area contributed by atoms with Crippen molar-refractivity contribution in [2.75, 3.05) is 17.9 Å². The summed E-state index contributed by atoms with van der Waals surface area (Å²) >= 11 is 0. The molecule has 2 aliphatic carbocycles. The molecule has 1 saturated carbocycles. The molecule has 31 heavy (non-hydrogen) atoms. The van der Waals surface area contributed by atoms with Gasteiger partial charge in [0, 0.05) is 29.8 Å². The lowest BCUT2D eigenvalue weighted by Gasteiger charge is -2.34. The average Bonchev–Trinajstić information content (AvgIpc) is 3.42. The molecule has 1 heterocycles. The zero-order valence-corrected chi connectivity index (χ0v) is 17.9. The zero-order valence-electron chi connectivity index (χ0n) is 17.9. The highest BCUT2D eigenvalue weighted by molar-refractivity contribution is 6.07. The first-order valence-corrected chi connectivity index (χ1v) is 11.2. The minimum atomic E-state index is -0.878. The van der Waals surface area contributed by atoms with Gasteiger partial charge in [-0.15, -0.1) is 0 Å². The number of nitrogen functional groups attached to an aromatic ring is 1. The normalized spacial score (nSPS) is 22.9. The predicted octanol–water partition coefficient (Wildman–Crippen LogP) is 4.46. The summed E-state index contributed by atoms with van der Waals surface area (Å²) in [6.45, 7) is 0.475. The van der Waals surface area contributed by atoms with Crippen LogP contribution in [0, 0.1) is 11.8 Å². The number of methoxy groups -OCH3 is 1. The fourth-order valence-electron chi connectivity index (χ4n) is 5.72. The molecule has 1 fully saturated rings. The first-order chi connectivity index (χ1) is 15.1.